The zero-order chi connectivity index (χ0) is 32.7. The van der Waals surface area contributed by atoms with Crippen LogP contribution in [0.4, 0.5) is 0 Å². The van der Waals surface area contributed by atoms with Gasteiger partial charge in [-0.1, -0.05) is 35.7 Å². The molecule has 0 aliphatic carbocycles. The van der Waals surface area contributed by atoms with Gasteiger partial charge in [0.25, 0.3) is 0 Å². The normalized spacial score (nSPS) is 16.2. The summed E-state index contributed by atoms with van der Waals surface area (Å²) in [6.07, 6.45) is 2.50. The number of hydrogen-bond acceptors (Lipinski definition) is 4. The maximum atomic E-state index is 8.27. The topological polar surface area (TPSA) is 38.7 Å². The minimum Gasteiger partial charge on any atom is -0.304 e. The second-order valence-corrected chi connectivity index (χ2v) is 8.22. The van der Waals surface area contributed by atoms with Crippen LogP contribution in [0.5, 0.6) is 0 Å². The predicted octanol–water partition coefficient (Wildman–Crippen LogP) is 7.78. The molecule has 0 fully saturated rings. The molecule has 0 saturated carbocycles. The van der Waals surface area contributed by atoms with Gasteiger partial charge in [-0.3, -0.25) is 0 Å². The summed E-state index contributed by atoms with van der Waals surface area (Å²) in [5, 5.41) is 1.57. The molecule has 35 heavy (non-hydrogen) atoms. The van der Waals surface area contributed by atoms with Gasteiger partial charge < -0.3 is 9.97 Å². The monoisotopic (exact) mass is 661 g/mol. The summed E-state index contributed by atoms with van der Waals surface area (Å²) < 4.78 is 83.9. The zero-order valence-electron chi connectivity index (χ0n) is 29.0. The number of hydrogen-bond donors (Lipinski definition) is 0. The maximum absolute atomic E-state index is 8.27. The second kappa shape index (κ2) is 11.0. The molecule has 0 saturated heterocycles. The van der Waals surface area contributed by atoms with Crippen LogP contribution >= 0.6 is 11.3 Å². The Morgan fingerprint density at radius 2 is 1.69 bits per heavy atom. The number of thiophene rings is 1. The van der Waals surface area contributed by atoms with Crippen molar-refractivity contribution >= 4 is 31.6 Å². The van der Waals surface area contributed by atoms with Gasteiger partial charge in [-0.15, -0.1) is 59.7 Å². The van der Waals surface area contributed by atoms with E-state index in [0.717, 1.165) is 28.2 Å². The molecule has 3 nitrogen and oxygen atoms in total. The number of pyridine rings is 3. The molecule has 0 atom stereocenters. The third-order valence-electron chi connectivity index (χ3n) is 4.92. The van der Waals surface area contributed by atoms with Crippen LogP contribution in [0.1, 0.15) is 31.9 Å². The maximum Gasteiger partial charge on any atom is 0.113 e. The minimum atomic E-state index is -2.53. The SMILES string of the molecule is [2H]C([2H])([2H])c1ccc(-c2[c-]cccc2)nc1.[2H]c1c(C([2H])([2H])[2H])cnc(-c2[c-]ccc3c2sc2nc(C([2H])([2H])[2H])ccc23)c1[2H].[Ir]. The molecular weight excluding hydrogens is 627 g/mol. The van der Waals surface area contributed by atoms with Crippen LogP contribution in [-0.4, -0.2) is 15.0 Å². The molecule has 6 aromatic rings. The van der Waals surface area contributed by atoms with E-state index in [0.29, 0.717) is 15.1 Å². The fraction of sp³-hybridized carbons (Fsp3) is 0.100. The van der Waals surface area contributed by atoms with Crippen molar-refractivity contribution in [1.29, 1.82) is 0 Å². The Balaban J connectivity index is 0.000000240. The molecule has 0 aliphatic rings. The van der Waals surface area contributed by atoms with Crippen LogP contribution in [0.15, 0.2) is 85.1 Å². The Kier molecular flexibility index (Phi) is 4.51. The van der Waals surface area contributed by atoms with Gasteiger partial charge in [0, 0.05) is 50.5 Å². The summed E-state index contributed by atoms with van der Waals surface area (Å²) in [5.41, 5.74) is 2.17. The summed E-state index contributed by atoms with van der Waals surface area (Å²) >= 11 is 1.25. The molecule has 5 heteroatoms. The Labute approximate surface area is 238 Å². The fourth-order valence-corrected chi connectivity index (χ4v) is 4.52. The second-order valence-electron chi connectivity index (χ2n) is 7.23. The van der Waals surface area contributed by atoms with Gasteiger partial charge in [0.1, 0.15) is 4.83 Å². The predicted molar refractivity (Wildman–Crippen MR) is 142 cm³/mol. The van der Waals surface area contributed by atoms with Gasteiger partial charge in [0.2, 0.25) is 0 Å². The Hall–Kier alpha value is -3.24. The van der Waals surface area contributed by atoms with Gasteiger partial charge in [-0.25, -0.2) is 4.98 Å². The smallest absolute Gasteiger partial charge is 0.113 e. The van der Waals surface area contributed by atoms with E-state index in [9.17, 15) is 0 Å². The van der Waals surface area contributed by atoms with Crippen LogP contribution in [0, 0.1) is 32.7 Å². The first-order valence-corrected chi connectivity index (χ1v) is 11.0. The number of aryl methyl sites for hydroxylation is 3. The third kappa shape index (κ3) is 5.54. The molecule has 175 valence electrons. The quantitative estimate of drug-likeness (QED) is 0.178. The molecule has 6 rings (SSSR count). The number of aromatic nitrogens is 3. The average Bonchev–Trinajstić information content (AvgIpc) is 3.36. The van der Waals surface area contributed by atoms with Crippen LogP contribution in [0.2, 0.25) is 0 Å². The summed E-state index contributed by atoms with van der Waals surface area (Å²) in [4.78, 5) is 13.1. The molecule has 0 amide bonds. The van der Waals surface area contributed by atoms with Crippen molar-refractivity contribution in [1.82, 2.24) is 15.0 Å². The molecule has 4 aromatic heterocycles. The first-order valence-electron chi connectivity index (χ1n) is 15.7. The number of fused-ring (bicyclic) bond motifs is 3. The number of rotatable bonds is 2. The van der Waals surface area contributed by atoms with Crippen LogP contribution < -0.4 is 0 Å². The van der Waals surface area contributed by atoms with E-state index >= 15 is 0 Å². The largest absolute Gasteiger partial charge is 0.304 e. The van der Waals surface area contributed by atoms with Crippen molar-refractivity contribution in [2.24, 2.45) is 0 Å². The van der Waals surface area contributed by atoms with E-state index in [1.165, 1.54) is 23.6 Å². The van der Waals surface area contributed by atoms with Crippen molar-refractivity contribution in [3.63, 3.8) is 0 Å². The molecule has 0 aliphatic heterocycles. The van der Waals surface area contributed by atoms with Crippen molar-refractivity contribution in [3.05, 3.63) is 114 Å². The molecule has 1 radical (unpaired) electrons. The minimum absolute atomic E-state index is 0. The Morgan fingerprint density at radius 3 is 2.46 bits per heavy atom. The molecule has 0 unspecified atom stereocenters. The van der Waals surface area contributed by atoms with Gasteiger partial charge in [-0.05, 0) is 59.2 Å². The van der Waals surface area contributed by atoms with Crippen molar-refractivity contribution < 1.29 is 35.2 Å². The molecule has 0 spiro atoms. The molecule has 4 heterocycles. The Morgan fingerprint density at radius 1 is 0.800 bits per heavy atom. The van der Waals surface area contributed by atoms with Gasteiger partial charge in [0.05, 0.1) is 2.74 Å². The average molecular weight is 661 g/mol. The van der Waals surface area contributed by atoms with Crippen LogP contribution in [0.25, 0.3) is 42.8 Å². The van der Waals surface area contributed by atoms with Crippen molar-refractivity contribution in [2.45, 2.75) is 20.6 Å². The summed E-state index contributed by atoms with van der Waals surface area (Å²) in [7, 11) is 0. The van der Waals surface area contributed by atoms with E-state index in [4.69, 9.17) is 15.1 Å². The number of nitrogens with zero attached hydrogens (tertiary/aromatic N) is 3. The van der Waals surface area contributed by atoms with Gasteiger partial charge in [0.15, 0.2) is 0 Å². The fourth-order valence-electron chi connectivity index (χ4n) is 3.35. The number of benzene rings is 2. The van der Waals surface area contributed by atoms with Gasteiger partial charge in [-0.2, -0.15) is 11.3 Å². The summed E-state index contributed by atoms with van der Waals surface area (Å²) in [6, 6.07) is 22.8. The van der Waals surface area contributed by atoms with Crippen molar-refractivity contribution in [2.75, 3.05) is 0 Å². The summed E-state index contributed by atoms with van der Waals surface area (Å²) in [6.45, 7) is -6.94. The third-order valence-corrected chi connectivity index (χ3v) is 6.05. The van der Waals surface area contributed by atoms with Gasteiger partial charge >= 0.3 is 0 Å². The van der Waals surface area contributed by atoms with E-state index in [2.05, 4.69) is 27.1 Å². The van der Waals surface area contributed by atoms with E-state index < -0.39 is 26.6 Å². The standard InChI is InChI=1S/C18H13N2S.C12H10N.Ir/c1-11-6-9-16(19-10-11)15-5-3-4-13-14-8-7-12(2)20-18(14)21-17(13)15;1-10-7-8-12(13-9-10)11-5-3-2-4-6-11;/h3-4,6-10H,1-2H3;2-5,7-9H,1H3;/q2*-1;/i1D3,2D3,6D,9D;1D3;. The van der Waals surface area contributed by atoms with Crippen molar-refractivity contribution in [3.8, 4) is 22.5 Å². The first kappa shape index (κ1) is 14.4. The molecule has 0 bridgehead atoms. The van der Waals surface area contributed by atoms with Crippen LogP contribution in [-0.2, 0) is 20.1 Å². The van der Waals surface area contributed by atoms with E-state index in [-0.39, 0.29) is 48.7 Å². The molecule has 2 aromatic carbocycles. The molecule has 0 N–H and O–H groups in total. The Bertz CT molecular complexity index is 1990. The first-order chi connectivity index (χ1) is 21.1. The molecular formula is C30H23IrN3S-2. The zero-order valence-corrected chi connectivity index (χ0v) is 21.2. The van der Waals surface area contributed by atoms with E-state index in [1.54, 1.807) is 30.3 Å². The van der Waals surface area contributed by atoms with Crippen LogP contribution in [0.3, 0.4) is 0 Å². The summed E-state index contributed by atoms with van der Waals surface area (Å²) in [5.74, 6) is 0. The van der Waals surface area contributed by atoms with E-state index in [1.807, 2.05) is 24.3 Å².